The Balaban J connectivity index is 2.28. The number of primary amides is 1. The van der Waals surface area contributed by atoms with Crippen LogP contribution in [0.5, 0.6) is 0 Å². The predicted octanol–water partition coefficient (Wildman–Crippen LogP) is 4.35. The number of halogens is 1. The van der Waals surface area contributed by atoms with Gasteiger partial charge in [-0.1, -0.05) is 23.7 Å². The van der Waals surface area contributed by atoms with Crippen LogP contribution in [-0.2, 0) is 9.84 Å². The molecular weight excluding hydrogens is 396 g/mol. The first-order chi connectivity index (χ1) is 13.2. The highest BCUT2D eigenvalue weighted by atomic mass is 35.5. The lowest BCUT2D eigenvalue weighted by Gasteiger charge is -2.15. The number of benzene rings is 2. The molecule has 0 aliphatic rings. The van der Waals surface area contributed by atoms with Gasteiger partial charge in [0.05, 0.1) is 15.8 Å². The molecule has 1 aromatic heterocycles. The molecule has 1 amide bonds. The van der Waals surface area contributed by atoms with E-state index in [2.05, 4.69) is 4.98 Å². The summed E-state index contributed by atoms with van der Waals surface area (Å²) in [4.78, 5) is 16.1. The Morgan fingerprint density at radius 1 is 1.04 bits per heavy atom. The van der Waals surface area contributed by atoms with E-state index in [1.807, 2.05) is 12.1 Å². The maximum absolute atomic E-state index is 12.9. The van der Waals surface area contributed by atoms with Crippen molar-refractivity contribution in [2.45, 2.75) is 24.0 Å². The summed E-state index contributed by atoms with van der Waals surface area (Å²) in [5.74, 6) is -0.631. The van der Waals surface area contributed by atoms with Gasteiger partial charge in [0.15, 0.2) is 9.84 Å². The number of nitrogens with zero attached hydrogens (tertiary/aromatic N) is 1. The van der Waals surface area contributed by atoms with Gasteiger partial charge < -0.3 is 5.73 Å². The second kappa shape index (κ2) is 7.73. The highest BCUT2D eigenvalue weighted by Gasteiger charge is 2.24. The topological polar surface area (TPSA) is 90.1 Å². The van der Waals surface area contributed by atoms with Crippen LogP contribution in [0.15, 0.2) is 65.7 Å². The van der Waals surface area contributed by atoms with E-state index in [0.29, 0.717) is 27.4 Å². The molecule has 5 nitrogen and oxygen atoms in total. The van der Waals surface area contributed by atoms with E-state index in [1.54, 1.807) is 44.3 Å². The molecule has 0 radical (unpaired) electrons. The Bertz CT molecular complexity index is 1140. The van der Waals surface area contributed by atoms with Gasteiger partial charge in [-0.05, 0) is 61.9 Å². The minimum absolute atomic E-state index is 0.141. The maximum atomic E-state index is 12.9. The van der Waals surface area contributed by atoms with Crippen molar-refractivity contribution in [2.75, 3.05) is 0 Å². The Hall–Kier alpha value is -2.70. The third-order valence-electron chi connectivity index (χ3n) is 4.41. The molecule has 0 aliphatic carbocycles. The summed E-state index contributed by atoms with van der Waals surface area (Å²) in [7, 11) is -3.59. The summed E-state index contributed by atoms with van der Waals surface area (Å²) in [6.45, 7) is 3.23. The highest BCUT2D eigenvalue weighted by molar-refractivity contribution is 7.92. The van der Waals surface area contributed by atoms with Crippen molar-refractivity contribution in [1.82, 2.24) is 4.98 Å². The minimum Gasteiger partial charge on any atom is -0.366 e. The van der Waals surface area contributed by atoms with Gasteiger partial charge in [0.1, 0.15) is 0 Å². The number of amides is 1. The number of hydrogen-bond donors (Lipinski definition) is 1. The summed E-state index contributed by atoms with van der Waals surface area (Å²) >= 11 is 6.35. The van der Waals surface area contributed by atoms with Gasteiger partial charge in [0, 0.05) is 27.9 Å². The Kier molecular flexibility index (Phi) is 5.54. The number of carbonyl (C=O) groups excluding carboxylic acids is 1. The first kappa shape index (κ1) is 20.0. The molecular formula is C21H19ClN2O3S. The molecule has 0 saturated carbocycles. The molecule has 0 atom stereocenters. The average molecular weight is 415 g/mol. The lowest BCUT2D eigenvalue weighted by atomic mass is 9.99. The van der Waals surface area contributed by atoms with Gasteiger partial charge in [-0.15, -0.1) is 0 Å². The van der Waals surface area contributed by atoms with Crippen LogP contribution in [0.3, 0.4) is 0 Å². The van der Waals surface area contributed by atoms with Crippen molar-refractivity contribution in [2.24, 2.45) is 5.73 Å². The number of aromatic nitrogens is 1. The van der Waals surface area contributed by atoms with Crippen LogP contribution in [0, 0.1) is 0 Å². The van der Waals surface area contributed by atoms with Gasteiger partial charge in [-0.3, -0.25) is 9.78 Å². The van der Waals surface area contributed by atoms with E-state index in [9.17, 15) is 13.2 Å². The van der Waals surface area contributed by atoms with Crippen LogP contribution in [0.25, 0.3) is 22.4 Å². The number of pyridine rings is 1. The highest BCUT2D eigenvalue weighted by Crippen LogP contribution is 2.35. The predicted molar refractivity (Wildman–Crippen MR) is 111 cm³/mol. The molecule has 0 aliphatic heterocycles. The number of nitrogens with two attached hydrogens (primary N) is 1. The summed E-state index contributed by atoms with van der Waals surface area (Å²) < 4.78 is 25.7. The largest absolute Gasteiger partial charge is 0.366 e. The quantitative estimate of drug-likeness (QED) is 0.671. The standard InChI is InChI=1S/C21H19ClN2O3S/c1-13(2)28(26,27)20-9-7-15(21(23)25)12-16(20)14-6-8-18(22)17(11-14)19-5-3-4-10-24-19/h3-13H,1-2H3,(H2,23,25). The van der Waals surface area contributed by atoms with Crippen LogP contribution in [-0.4, -0.2) is 24.6 Å². The maximum Gasteiger partial charge on any atom is 0.248 e. The summed E-state index contributed by atoms with van der Waals surface area (Å²) in [5, 5.41) is -0.130. The summed E-state index contributed by atoms with van der Waals surface area (Å²) in [6.07, 6.45) is 1.65. The van der Waals surface area contributed by atoms with Crippen LogP contribution < -0.4 is 5.73 Å². The van der Waals surface area contributed by atoms with Gasteiger partial charge in [-0.2, -0.15) is 0 Å². The lowest BCUT2D eigenvalue weighted by Crippen LogP contribution is -2.16. The van der Waals surface area contributed by atoms with Gasteiger partial charge in [-0.25, -0.2) is 8.42 Å². The zero-order chi connectivity index (χ0) is 20.5. The second-order valence-corrected chi connectivity index (χ2v) is 9.46. The first-order valence-corrected chi connectivity index (χ1v) is 10.5. The third kappa shape index (κ3) is 3.79. The molecule has 0 bridgehead atoms. The zero-order valence-corrected chi connectivity index (χ0v) is 17.0. The van der Waals surface area contributed by atoms with E-state index in [4.69, 9.17) is 17.3 Å². The average Bonchev–Trinajstić information content (AvgIpc) is 2.68. The van der Waals surface area contributed by atoms with E-state index in [1.165, 1.54) is 18.2 Å². The number of carbonyl (C=O) groups is 1. The van der Waals surface area contributed by atoms with Gasteiger partial charge in [0.2, 0.25) is 5.91 Å². The van der Waals surface area contributed by atoms with Crippen molar-refractivity contribution in [3.63, 3.8) is 0 Å². The number of sulfone groups is 1. The minimum atomic E-state index is -3.59. The fourth-order valence-corrected chi connectivity index (χ4v) is 4.29. The van der Waals surface area contributed by atoms with Crippen molar-refractivity contribution in [3.05, 3.63) is 71.4 Å². The van der Waals surface area contributed by atoms with E-state index in [0.717, 1.165) is 0 Å². The van der Waals surface area contributed by atoms with Crippen molar-refractivity contribution in [1.29, 1.82) is 0 Å². The van der Waals surface area contributed by atoms with Crippen molar-refractivity contribution < 1.29 is 13.2 Å². The molecule has 2 N–H and O–H groups in total. The number of hydrogen-bond acceptors (Lipinski definition) is 4. The molecule has 1 heterocycles. The van der Waals surface area contributed by atoms with Crippen LogP contribution >= 0.6 is 11.6 Å². The van der Waals surface area contributed by atoms with E-state index >= 15 is 0 Å². The van der Waals surface area contributed by atoms with Crippen LogP contribution in [0.2, 0.25) is 5.02 Å². The SMILES string of the molecule is CC(C)S(=O)(=O)c1ccc(C(N)=O)cc1-c1ccc(Cl)c(-c2ccccn2)c1. The molecule has 7 heteroatoms. The zero-order valence-electron chi connectivity index (χ0n) is 15.4. The summed E-state index contributed by atoms with van der Waals surface area (Å²) in [6, 6.07) is 15.0. The first-order valence-electron chi connectivity index (χ1n) is 8.61. The lowest BCUT2D eigenvalue weighted by molar-refractivity contribution is 0.1000. The normalized spacial score (nSPS) is 11.6. The van der Waals surface area contributed by atoms with Crippen molar-refractivity contribution in [3.8, 4) is 22.4 Å². The fourth-order valence-electron chi connectivity index (χ4n) is 2.82. The fraction of sp³-hybridized carbons (Fsp3) is 0.143. The van der Waals surface area contributed by atoms with Gasteiger partial charge >= 0.3 is 0 Å². The monoisotopic (exact) mass is 414 g/mol. The summed E-state index contributed by atoms with van der Waals surface area (Å²) in [5.41, 5.74) is 7.96. The molecule has 3 rings (SSSR count). The van der Waals surface area contributed by atoms with E-state index in [-0.39, 0.29) is 10.5 Å². The molecule has 3 aromatic rings. The Morgan fingerprint density at radius 3 is 2.39 bits per heavy atom. The Morgan fingerprint density at radius 2 is 1.79 bits per heavy atom. The molecule has 0 saturated heterocycles. The Labute approximate surface area is 169 Å². The van der Waals surface area contributed by atoms with Gasteiger partial charge in [0.25, 0.3) is 0 Å². The molecule has 0 unspecified atom stereocenters. The molecule has 0 spiro atoms. The molecule has 144 valence electrons. The van der Waals surface area contributed by atoms with Crippen LogP contribution in [0.1, 0.15) is 24.2 Å². The molecule has 0 fully saturated rings. The second-order valence-electron chi connectivity index (χ2n) is 6.58. The third-order valence-corrected chi connectivity index (χ3v) is 6.95. The molecule has 2 aromatic carbocycles. The van der Waals surface area contributed by atoms with Crippen molar-refractivity contribution >= 4 is 27.3 Å². The number of rotatable bonds is 5. The van der Waals surface area contributed by atoms with E-state index < -0.39 is 21.0 Å². The smallest absolute Gasteiger partial charge is 0.248 e. The molecule has 28 heavy (non-hydrogen) atoms. The van der Waals surface area contributed by atoms with Crippen LogP contribution in [0.4, 0.5) is 0 Å².